The maximum atomic E-state index is 5.65. The number of aromatic nitrogens is 1. The van der Waals surface area contributed by atoms with Gasteiger partial charge in [0, 0.05) is 18.0 Å². The minimum atomic E-state index is 0.590. The summed E-state index contributed by atoms with van der Waals surface area (Å²) in [6, 6.07) is 8.36. The summed E-state index contributed by atoms with van der Waals surface area (Å²) in [5.41, 5.74) is 3.40. The van der Waals surface area contributed by atoms with Crippen LogP contribution >= 0.6 is 11.3 Å². The van der Waals surface area contributed by atoms with Crippen molar-refractivity contribution in [2.24, 2.45) is 4.99 Å². The van der Waals surface area contributed by atoms with Gasteiger partial charge in [-0.3, -0.25) is 0 Å². The Labute approximate surface area is 172 Å². The lowest BCUT2D eigenvalue weighted by molar-refractivity contribution is 0.0453. The minimum Gasteiger partial charge on any atom is -0.379 e. The van der Waals surface area contributed by atoms with Crippen LogP contribution in [0.1, 0.15) is 40.6 Å². The molecule has 0 fully saturated rings. The van der Waals surface area contributed by atoms with E-state index in [1.807, 2.05) is 20.8 Å². The molecular weight excluding hydrogens is 372 g/mol. The number of hydrogen-bond acceptors (Lipinski definition) is 5. The number of hydrogen-bond donors (Lipinski definition) is 2. The highest BCUT2D eigenvalue weighted by molar-refractivity contribution is 7.11. The first kappa shape index (κ1) is 22.3. The van der Waals surface area contributed by atoms with Crippen LogP contribution in [-0.2, 0) is 29.2 Å². The maximum Gasteiger partial charge on any atom is 0.191 e. The molecule has 0 saturated carbocycles. The lowest BCUT2D eigenvalue weighted by Gasteiger charge is -2.11. The summed E-state index contributed by atoms with van der Waals surface area (Å²) in [4.78, 5) is 10.4. The average Bonchev–Trinajstić information content (AvgIpc) is 3.01. The summed E-state index contributed by atoms with van der Waals surface area (Å²) >= 11 is 1.72. The number of rotatable bonds is 11. The molecule has 2 N–H and O–H groups in total. The highest BCUT2D eigenvalue weighted by atomic mass is 32.1. The largest absolute Gasteiger partial charge is 0.379 e. The monoisotopic (exact) mass is 404 g/mol. The number of thiazole rings is 1. The number of aryl methyl sites for hydroxylation is 2. The Hall–Kier alpha value is -1.96. The third kappa shape index (κ3) is 7.96. The fourth-order valence-corrected chi connectivity index (χ4v) is 3.56. The summed E-state index contributed by atoms with van der Waals surface area (Å²) in [5, 5.41) is 7.80. The molecule has 2 aromatic rings. The Kier molecular flexibility index (Phi) is 9.96. The van der Waals surface area contributed by atoms with Crippen LogP contribution in [-0.4, -0.2) is 37.3 Å². The summed E-state index contributed by atoms with van der Waals surface area (Å²) < 4.78 is 10.9. The van der Waals surface area contributed by atoms with Gasteiger partial charge in [0.15, 0.2) is 5.96 Å². The van der Waals surface area contributed by atoms with Crippen LogP contribution in [0.2, 0.25) is 0 Å². The fraction of sp³-hybridized carbons (Fsp3) is 0.524. The smallest absolute Gasteiger partial charge is 0.191 e. The van der Waals surface area contributed by atoms with Crippen molar-refractivity contribution in [3.05, 3.63) is 51.0 Å². The normalized spacial score (nSPS) is 11.6. The van der Waals surface area contributed by atoms with E-state index in [4.69, 9.17) is 14.5 Å². The molecule has 0 unspecified atom stereocenters. The first-order valence-electron chi connectivity index (χ1n) is 9.80. The predicted molar refractivity (Wildman–Crippen MR) is 116 cm³/mol. The van der Waals surface area contributed by atoms with Crippen LogP contribution in [0.3, 0.4) is 0 Å². The van der Waals surface area contributed by atoms with E-state index < -0.39 is 0 Å². The van der Waals surface area contributed by atoms with Gasteiger partial charge in [-0.15, -0.1) is 11.3 Å². The number of aliphatic imine (C=N–C) groups is 1. The molecule has 0 bridgehead atoms. The summed E-state index contributed by atoms with van der Waals surface area (Å²) in [5.74, 6) is 0.811. The van der Waals surface area contributed by atoms with Gasteiger partial charge in [-0.25, -0.2) is 9.98 Å². The highest BCUT2D eigenvalue weighted by Gasteiger charge is 2.06. The molecule has 0 spiro atoms. The molecule has 154 valence electrons. The van der Waals surface area contributed by atoms with Crippen LogP contribution in [0.5, 0.6) is 0 Å². The molecule has 0 aliphatic carbocycles. The maximum absolute atomic E-state index is 5.65. The van der Waals surface area contributed by atoms with Crippen molar-refractivity contribution in [2.45, 2.75) is 47.4 Å². The topological polar surface area (TPSA) is 67.8 Å². The van der Waals surface area contributed by atoms with Crippen LogP contribution < -0.4 is 10.6 Å². The Bertz CT molecular complexity index is 746. The lowest BCUT2D eigenvalue weighted by Crippen LogP contribution is -2.36. The number of guanidine groups is 1. The SMILES string of the molecule is CCNC(=NCc1cccc(COCCOCC)c1)NCc1sc(C)nc1C. The predicted octanol–water partition coefficient (Wildman–Crippen LogP) is 3.57. The molecule has 1 aromatic heterocycles. The number of nitrogens with zero attached hydrogens (tertiary/aromatic N) is 2. The van der Waals surface area contributed by atoms with E-state index in [0.717, 1.165) is 47.5 Å². The van der Waals surface area contributed by atoms with Crippen molar-refractivity contribution in [3.8, 4) is 0 Å². The van der Waals surface area contributed by atoms with Gasteiger partial charge < -0.3 is 20.1 Å². The summed E-state index contributed by atoms with van der Waals surface area (Å²) in [6.45, 7) is 12.9. The zero-order valence-electron chi connectivity index (χ0n) is 17.4. The molecule has 28 heavy (non-hydrogen) atoms. The Morgan fingerprint density at radius 2 is 1.89 bits per heavy atom. The summed E-state index contributed by atoms with van der Waals surface area (Å²) in [6.07, 6.45) is 0. The fourth-order valence-electron chi connectivity index (χ4n) is 2.68. The molecule has 6 nitrogen and oxygen atoms in total. The van der Waals surface area contributed by atoms with E-state index in [0.29, 0.717) is 26.4 Å². The third-order valence-corrected chi connectivity index (χ3v) is 5.09. The van der Waals surface area contributed by atoms with Crippen molar-refractivity contribution >= 4 is 17.3 Å². The first-order valence-corrected chi connectivity index (χ1v) is 10.6. The quantitative estimate of drug-likeness (QED) is 0.340. The first-order chi connectivity index (χ1) is 13.6. The average molecular weight is 405 g/mol. The molecule has 1 heterocycles. The molecule has 0 aliphatic heterocycles. The number of benzene rings is 1. The Balaban J connectivity index is 1.89. The molecule has 0 saturated heterocycles. The van der Waals surface area contributed by atoms with Crippen LogP contribution in [0.4, 0.5) is 0 Å². The molecule has 0 atom stereocenters. The van der Waals surface area contributed by atoms with Crippen LogP contribution in [0.25, 0.3) is 0 Å². The van der Waals surface area contributed by atoms with E-state index in [-0.39, 0.29) is 0 Å². The van der Waals surface area contributed by atoms with Crippen molar-refractivity contribution in [2.75, 3.05) is 26.4 Å². The van der Waals surface area contributed by atoms with Gasteiger partial charge in [-0.2, -0.15) is 0 Å². The second-order valence-electron chi connectivity index (χ2n) is 6.36. The van der Waals surface area contributed by atoms with Crippen molar-refractivity contribution in [1.82, 2.24) is 15.6 Å². The Morgan fingerprint density at radius 3 is 2.61 bits per heavy atom. The van der Waals surface area contributed by atoms with Crippen molar-refractivity contribution in [1.29, 1.82) is 0 Å². The molecule has 0 amide bonds. The van der Waals surface area contributed by atoms with Gasteiger partial charge in [0.1, 0.15) is 0 Å². The van der Waals surface area contributed by atoms with Gasteiger partial charge in [-0.1, -0.05) is 24.3 Å². The number of ether oxygens (including phenoxy) is 2. The van der Waals surface area contributed by atoms with E-state index in [9.17, 15) is 0 Å². The summed E-state index contributed by atoms with van der Waals surface area (Å²) in [7, 11) is 0. The van der Waals surface area contributed by atoms with Crippen LogP contribution in [0.15, 0.2) is 29.3 Å². The van der Waals surface area contributed by atoms with E-state index in [1.165, 1.54) is 4.88 Å². The third-order valence-electron chi connectivity index (χ3n) is 4.02. The van der Waals surface area contributed by atoms with Crippen LogP contribution in [0, 0.1) is 13.8 Å². The molecule has 0 aliphatic rings. The van der Waals surface area contributed by atoms with Crippen molar-refractivity contribution in [3.63, 3.8) is 0 Å². The zero-order chi connectivity index (χ0) is 20.2. The zero-order valence-corrected chi connectivity index (χ0v) is 18.2. The number of nitrogens with one attached hydrogen (secondary N) is 2. The molecule has 1 aromatic carbocycles. The second kappa shape index (κ2) is 12.5. The standard InChI is InChI=1S/C21H32N4O2S/c1-5-22-21(24-14-20-16(3)25-17(4)28-20)23-13-18-8-7-9-19(12-18)15-27-11-10-26-6-2/h7-9,12H,5-6,10-11,13-15H2,1-4H3,(H2,22,23,24). The lowest BCUT2D eigenvalue weighted by atomic mass is 10.1. The molecule has 7 heteroatoms. The Morgan fingerprint density at radius 1 is 1.11 bits per heavy atom. The van der Waals surface area contributed by atoms with E-state index in [2.05, 4.69) is 46.8 Å². The van der Waals surface area contributed by atoms with Gasteiger partial charge in [0.2, 0.25) is 0 Å². The van der Waals surface area contributed by atoms with Gasteiger partial charge in [-0.05, 0) is 38.8 Å². The van der Waals surface area contributed by atoms with E-state index in [1.54, 1.807) is 11.3 Å². The molecular formula is C21H32N4O2S. The van der Waals surface area contributed by atoms with Crippen molar-refractivity contribution < 1.29 is 9.47 Å². The van der Waals surface area contributed by atoms with Gasteiger partial charge in [0.05, 0.1) is 43.6 Å². The second-order valence-corrected chi connectivity index (χ2v) is 7.65. The molecule has 0 radical (unpaired) electrons. The minimum absolute atomic E-state index is 0.590. The van der Waals surface area contributed by atoms with Gasteiger partial charge >= 0.3 is 0 Å². The van der Waals surface area contributed by atoms with E-state index >= 15 is 0 Å². The highest BCUT2D eigenvalue weighted by Crippen LogP contribution is 2.16. The van der Waals surface area contributed by atoms with Gasteiger partial charge in [0.25, 0.3) is 0 Å². The molecule has 2 rings (SSSR count).